The first-order valence-electron chi connectivity index (χ1n) is 3.93. The second-order valence-electron chi connectivity index (χ2n) is 2.37. The van der Waals surface area contributed by atoms with Gasteiger partial charge in [0.25, 0.3) is 5.91 Å². The zero-order valence-electron chi connectivity index (χ0n) is 7.33. The number of terminal acetylenes is 1. The monoisotopic (exact) mass is 194 g/mol. The summed E-state index contributed by atoms with van der Waals surface area (Å²) in [7, 11) is 0. The molecule has 0 aliphatic rings. The number of rotatable bonds is 3. The maximum atomic E-state index is 11.4. The number of carbonyl (C=O) groups excluding carboxylic acids is 1. The molecule has 0 unspecified atom stereocenters. The van der Waals surface area contributed by atoms with Gasteiger partial charge in [-0.2, -0.15) is 0 Å². The summed E-state index contributed by atoms with van der Waals surface area (Å²) in [6.45, 7) is 2.23. The molecule has 1 aromatic heterocycles. The van der Waals surface area contributed by atoms with Crippen molar-refractivity contribution in [3.63, 3.8) is 0 Å². The Hall–Kier alpha value is -1.34. The lowest BCUT2D eigenvalue weighted by atomic mass is 10.3. The predicted octanol–water partition coefficient (Wildman–Crippen LogP) is 1.07. The van der Waals surface area contributed by atoms with Crippen LogP contribution in [0.3, 0.4) is 0 Å². The largest absolute Gasteiger partial charge is 0.340 e. The van der Waals surface area contributed by atoms with Crippen LogP contribution in [0.15, 0.2) is 5.51 Å². The Kier molecular flexibility index (Phi) is 3.47. The molecule has 0 aliphatic carbocycles. The van der Waals surface area contributed by atoms with Gasteiger partial charge in [-0.05, 0) is 6.42 Å². The van der Waals surface area contributed by atoms with Gasteiger partial charge in [0.05, 0.1) is 17.7 Å². The minimum atomic E-state index is -0.127. The zero-order valence-corrected chi connectivity index (χ0v) is 8.15. The van der Waals surface area contributed by atoms with Gasteiger partial charge in [-0.15, -0.1) is 17.8 Å². The molecule has 0 saturated heterocycles. The molecule has 0 spiro atoms. The molecule has 13 heavy (non-hydrogen) atoms. The van der Waals surface area contributed by atoms with Gasteiger partial charge in [0.1, 0.15) is 4.88 Å². The summed E-state index contributed by atoms with van der Waals surface area (Å²) in [6.07, 6.45) is 5.79. The number of carbonyl (C=O) groups is 1. The van der Waals surface area contributed by atoms with E-state index in [2.05, 4.69) is 16.2 Å². The third-order valence-electron chi connectivity index (χ3n) is 1.53. The number of hydrogen-bond acceptors (Lipinski definition) is 3. The van der Waals surface area contributed by atoms with Gasteiger partial charge >= 0.3 is 0 Å². The molecule has 0 aliphatic heterocycles. The Morgan fingerprint density at radius 2 is 2.62 bits per heavy atom. The number of nitrogens with zero attached hydrogens (tertiary/aromatic N) is 1. The van der Waals surface area contributed by atoms with Crippen LogP contribution in [0, 0.1) is 12.3 Å². The quantitative estimate of drug-likeness (QED) is 0.731. The van der Waals surface area contributed by atoms with Crippen molar-refractivity contribution >= 4 is 17.2 Å². The maximum Gasteiger partial charge on any atom is 0.264 e. The highest BCUT2D eigenvalue weighted by molar-refractivity contribution is 7.11. The van der Waals surface area contributed by atoms with E-state index < -0.39 is 0 Å². The van der Waals surface area contributed by atoms with Gasteiger partial charge in [0.2, 0.25) is 0 Å². The van der Waals surface area contributed by atoms with E-state index in [0.29, 0.717) is 4.88 Å². The molecule has 0 saturated carbocycles. The van der Waals surface area contributed by atoms with E-state index in [1.807, 2.05) is 6.92 Å². The Morgan fingerprint density at radius 1 is 1.85 bits per heavy atom. The van der Waals surface area contributed by atoms with E-state index in [9.17, 15) is 4.79 Å². The normalized spacial score (nSPS) is 9.23. The SMILES string of the molecule is C#CCNC(=O)c1scnc1CC. The van der Waals surface area contributed by atoms with Crippen molar-refractivity contribution in [2.45, 2.75) is 13.3 Å². The van der Waals surface area contributed by atoms with Crippen LogP contribution in [0.1, 0.15) is 22.3 Å². The van der Waals surface area contributed by atoms with E-state index >= 15 is 0 Å². The number of amides is 1. The summed E-state index contributed by atoms with van der Waals surface area (Å²) in [5, 5.41) is 2.60. The number of aryl methyl sites for hydroxylation is 1. The summed E-state index contributed by atoms with van der Waals surface area (Å²) < 4.78 is 0. The van der Waals surface area contributed by atoms with Crippen LogP contribution < -0.4 is 5.32 Å². The van der Waals surface area contributed by atoms with Gasteiger partial charge in [-0.3, -0.25) is 4.79 Å². The highest BCUT2D eigenvalue weighted by atomic mass is 32.1. The third kappa shape index (κ3) is 2.30. The fourth-order valence-corrected chi connectivity index (χ4v) is 1.71. The number of thiazole rings is 1. The predicted molar refractivity (Wildman–Crippen MR) is 52.7 cm³/mol. The standard InChI is InChI=1S/C9H10N2OS/c1-3-5-10-9(12)8-7(4-2)11-6-13-8/h1,6H,4-5H2,2H3,(H,10,12). The summed E-state index contributed by atoms with van der Waals surface area (Å²) in [4.78, 5) is 16.1. The number of nitrogens with one attached hydrogen (secondary N) is 1. The second-order valence-corrected chi connectivity index (χ2v) is 3.22. The topological polar surface area (TPSA) is 42.0 Å². The molecule has 4 heteroatoms. The molecule has 68 valence electrons. The molecule has 1 rings (SSSR count). The van der Waals surface area contributed by atoms with Crippen molar-refractivity contribution in [3.8, 4) is 12.3 Å². The van der Waals surface area contributed by atoms with Crippen LogP contribution in [0.5, 0.6) is 0 Å². The molecule has 0 bridgehead atoms. The summed E-state index contributed by atoms with van der Waals surface area (Å²) in [5.41, 5.74) is 2.50. The molecular weight excluding hydrogens is 184 g/mol. The highest BCUT2D eigenvalue weighted by Crippen LogP contribution is 2.13. The van der Waals surface area contributed by atoms with Crippen molar-refractivity contribution in [2.75, 3.05) is 6.54 Å². The smallest absolute Gasteiger partial charge is 0.264 e. The second kappa shape index (κ2) is 4.63. The van der Waals surface area contributed by atoms with E-state index in [4.69, 9.17) is 6.42 Å². The lowest BCUT2D eigenvalue weighted by Gasteiger charge is -1.99. The molecule has 1 N–H and O–H groups in total. The van der Waals surface area contributed by atoms with Gasteiger partial charge < -0.3 is 5.32 Å². The van der Waals surface area contributed by atoms with Crippen molar-refractivity contribution in [1.82, 2.24) is 10.3 Å². The van der Waals surface area contributed by atoms with Crippen LogP contribution in [0.4, 0.5) is 0 Å². The van der Waals surface area contributed by atoms with Crippen LogP contribution in [0.2, 0.25) is 0 Å². The van der Waals surface area contributed by atoms with Crippen LogP contribution in [-0.2, 0) is 6.42 Å². The van der Waals surface area contributed by atoms with Crippen LogP contribution in [-0.4, -0.2) is 17.4 Å². The lowest BCUT2D eigenvalue weighted by Crippen LogP contribution is -2.23. The van der Waals surface area contributed by atoms with E-state index in [-0.39, 0.29) is 12.5 Å². The molecule has 0 fully saturated rings. The Labute approximate surface area is 81.2 Å². The first-order chi connectivity index (χ1) is 6.29. The Morgan fingerprint density at radius 3 is 3.23 bits per heavy atom. The van der Waals surface area contributed by atoms with E-state index in [1.54, 1.807) is 5.51 Å². The van der Waals surface area contributed by atoms with Gasteiger partial charge in [-0.1, -0.05) is 12.8 Å². The molecule has 1 heterocycles. The lowest BCUT2D eigenvalue weighted by molar-refractivity contribution is 0.0961. The Bertz CT molecular complexity index is 338. The van der Waals surface area contributed by atoms with Crippen LogP contribution in [0.25, 0.3) is 0 Å². The molecule has 3 nitrogen and oxygen atoms in total. The molecule has 0 aromatic carbocycles. The molecule has 1 aromatic rings. The van der Waals surface area contributed by atoms with Crippen molar-refractivity contribution in [2.24, 2.45) is 0 Å². The molecule has 0 atom stereocenters. The van der Waals surface area contributed by atoms with E-state index in [1.165, 1.54) is 11.3 Å². The average Bonchev–Trinajstić information content (AvgIpc) is 2.61. The minimum Gasteiger partial charge on any atom is -0.340 e. The van der Waals surface area contributed by atoms with Gasteiger partial charge in [-0.25, -0.2) is 4.98 Å². The zero-order chi connectivity index (χ0) is 9.68. The highest BCUT2D eigenvalue weighted by Gasteiger charge is 2.11. The van der Waals surface area contributed by atoms with Crippen molar-refractivity contribution in [3.05, 3.63) is 16.1 Å². The number of aromatic nitrogens is 1. The van der Waals surface area contributed by atoms with Gasteiger partial charge in [0, 0.05) is 0 Å². The number of hydrogen-bond donors (Lipinski definition) is 1. The summed E-state index contributed by atoms with van der Waals surface area (Å²) in [6, 6.07) is 0. The minimum absolute atomic E-state index is 0.127. The fraction of sp³-hybridized carbons (Fsp3) is 0.333. The Balaban J connectivity index is 2.71. The summed E-state index contributed by atoms with van der Waals surface area (Å²) in [5.74, 6) is 2.22. The first-order valence-corrected chi connectivity index (χ1v) is 4.81. The molecule has 0 radical (unpaired) electrons. The maximum absolute atomic E-state index is 11.4. The third-order valence-corrected chi connectivity index (χ3v) is 2.40. The van der Waals surface area contributed by atoms with E-state index in [0.717, 1.165) is 12.1 Å². The summed E-state index contributed by atoms with van der Waals surface area (Å²) >= 11 is 1.34. The van der Waals surface area contributed by atoms with Crippen LogP contribution >= 0.6 is 11.3 Å². The average molecular weight is 194 g/mol. The fourth-order valence-electron chi connectivity index (χ4n) is 0.917. The van der Waals surface area contributed by atoms with Gasteiger partial charge in [0.15, 0.2) is 0 Å². The van der Waals surface area contributed by atoms with Crippen molar-refractivity contribution in [1.29, 1.82) is 0 Å². The first kappa shape index (κ1) is 9.75. The van der Waals surface area contributed by atoms with Crippen molar-refractivity contribution < 1.29 is 4.79 Å². The molecule has 1 amide bonds. The molecular formula is C9H10N2OS.